The molecule has 2 aromatic carbocycles. The first-order valence-electron chi connectivity index (χ1n) is 12.5. The van der Waals surface area contributed by atoms with E-state index in [4.69, 9.17) is 9.72 Å². The molecule has 0 radical (unpaired) electrons. The Hall–Kier alpha value is -3.06. The number of rotatable bonds is 9. The standard InChI is InChI=1S/C28H31BrN4O2/c29-20-10-12-23-26(17-20)33-24-8-4-3-7-22(24)27(23)31-14-5-1-2-6-15-32-28(34)35-21-11-9-19-13-16-30-25(19)18-21/h9-13,16-18,30H,1-8,14-15H2,(H,31,33)(H,32,34). The van der Waals surface area contributed by atoms with E-state index in [1.54, 1.807) is 0 Å². The zero-order valence-electron chi connectivity index (χ0n) is 19.8. The van der Waals surface area contributed by atoms with E-state index in [0.29, 0.717) is 12.3 Å². The number of hydrogen-bond acceptors (Lipinski definition) is 4. The number of aryl methyl sites for hydroxylation is 1. The van der Waals surface area contributed by atoms with Crippen molar-refractivity contribution in [1.82, 2.24) is 15.3 Å². The summed E-state index contributed by atoms with van der Waals surface area (Å²) in [6, 6.07) is 14.0. The molecule has 0 fully saturated rings. The van der Waals surface area contributed by atoms with Crippen molar-refractivity contribution in [2.24, 2.45) is 0 Å². The van der Waals surface area contributed by atoms with Gasteiger partial charge in [0.15, 0.2) is 0 Å². The van der Waals surface area contributed by atoms with Crippen LogP contribution in [0.4, 0.5) is 10.5 Å². The van der Waals surface area contributed by atoms with Crippen LogP contribution in [0.15, 0.2) is 53.1 Å². The van der Waals surface area contributed by atoms with Gasteiger partial charge in [-0.25, -0.2) is 4.79 Å². The number of benzene rings is 2. The summed E-state index contributed by atoms with van der Waals surface area (Å²) in [5, 5.41) is 8.90. The molecule has 0 unspecified atom stereocenters. The van der Waals surface area contributed by atoms with Crippen LogP contribution < -0.4 is 15.4 Å². The minimum atomic E-state index is -0.404. The molecule has 6 nitrogen and oxygen atoms in total. The van der Waals surface area contributed by atoms with E-state index >= 15 is 0 Å². The number of ether oxygens (including phenoxy) is 1. The molecule has 2 heterocycles. The lowest BCUT2D eigenvalue weighted by atomic mass is 9.92. The normalized spacial score (nSPS) is 13.1. The minimum absolute atomic E-state index is 0.404. The third-order valence-corrected chi connectivity index (χ3v) is 7.13. The number of hydrogen-bond donors (Lipinski definition) is 3. The second-order valence-electron chi connectivity index (χ2n) is 9.16. The third-order valence-electron chi connectivity index (χ3n) is 6.64. The maximum Gasteiger partial charge on any atom is 0.412 e. The summed E-state index contributed by atoms with van der Waals surface area (Å²) in [5.74, 6) is 0.543. The van der Waals surface area contributed by atoms with Crippen LogP contribution in [0, 0.1) is 0 Å². The van der Waals surface area contributed by atoms with Gasteiger partial charge in [0.1, 0.15) is 5.75 Å². The smallest absolute Gasteiger partial charge is 0.410 e. The van der Waals surface area contributed by atoms with Crippen molar-refractivity contribution >= 4 is 49.5 Å². The van der Waals surface area contributed by atoms with Crippen LogP contribution in [0.1, 0.15) is 49.8 Å². The number of anilines is 1. The van der Waals surface area contributed by atoms with Crippen LogP contribution in [-0.2, 0) is 12.8 Å². The lowest BCUT2D eigenvalue weighted by Crippen LogP contribution is -2.27. The second kappa shape index (κ2) is 11.1. The van der Waals surface area contributed by atoms with Crippen molar-refractivity contribution < 1.29 is 9.53 Å². The number of unbranched alkanes of at least 4 members (excludes halogenated alkanes) is 3. The average Bonchev–Trinajstić information content (AvgIpc) is 3.33. The molecule has 0 spiro atoms. The number of nitrogens with one attached hydrogen (secondary N) is 3. The fourth-order valence-corrected chi connectivity index (χ4v) is 5.19. The Balaban J connectivity index is 1.04. The predicted molar refractivity (Wildman–Crippen MR) is 145 cm³/mol. The minimum Gasteiger partial charge on any atom is -0.410 e. The Morgan fingerprint density at radius 3 is 2.77 bits per heavy atom. The van der Waals surface area contributed by atoms with Crippen molar-refractivity contribution in [3.8, 4) is 5.75 Å². The highest BCUT2D eigenvalue weighted by atomic mass is 79.9. The van der Waals surface area contributed by atoms with E-state index in [-0.39, 0.29) is 0 Å². The van der Waals surface area contributed by atoms with Crippen molar-refractivity contribution in [2.75, 3.05) is 18.4 Å². The summed E-state index contributed by atoms with van der Waals surface area (Å²) in [7, 11) is 0. The van der Waals surface area contributed by atoms with Gasteiger partial charge in [-0.1, -0.05) is 28.8 Å². The van der Waals surface area contributed by atoms with E-state index in [0.717, 1.165) is 66.0 Å². The molecule has 0 atom stereocenters. The summed E-state index contributed by atoms with van der Waals surface area (Å²) < 4.78 is 6.45. The van der Waals surface area contributed by atoms with Crippen LogP contribution in [0.3, 0.4) is 0 Å². The zero-order valence-corrected chi connectivity index (χ0v) is 21.4. The number of aromatic nitrogens is 2. The monoisotopic (exact) mass is 534 g/mol. The van der Waals surface area contributed by atoms with Gasteiger partial charge in [-0.3, -0.25) is 4.98 Å². The first-order valence-corrected chi connectivity index (χ1v) is 13.3. The highest BCUT2D eigenvalue weighted by molar-refractivity contribution is 9.10. The highest BCUT2D eigenvalue weighted by Gasteiger charge is 2.18. The lowest BCUT2D eigenvalue weighted by molar-refractivity contribution is 0.200. The number of carbonyl (C=O) groups excluding carboxylic acids is 1. The Morgan fingerprint density at radius 2 is 1.86 bits per heavy atom. The van der Waals surface area contributed by atoms with E-state index in [1.165, 1.54) is 35.2 Å². The van der Waals surface area contributed by atoms with Gasteiger partial charge in [-0.05, 0) is 85.9 Å². The number of aromatic amines is 1. The van der Waals surface area contributed by atoms with E-state index in [9.17, 15) is 4.79 Å². The van der Waals surface area contributed by atoms with Gasteiger partial charge in [0.25, 0.3) is 0 Å². The summed E-state index contributed by atoms with van der Waals surface area (Å²) in [4.78, 5) is 20.1. The largest absolute Gasteiger partial charge is 0.412 e. The highest BCUT2D eigenvalue weighted by Crippen LogP contribution is 2.34. The Morgan fingerprint density at radius 1 is 1.00 bits per heavy atom. The quantitative estimate of drug-likeness (QED) is 0.200. The second-order valence-corrected chi connectivity index (χ2v) is 10.1. The molecule has 35 heavy (non-hydrogen) atoms. The molecule has 4 aromatic rings. The molecule has 3 N–H and O–H groups in total. The maximum absolute atomic E-state index is 12.1. The Kier molecular flexibility index (Phi) is 7.52. The van der Waals surface area contributed by atoms with Crippen LogP contribution >= 0.6 is 15.9 Å². The van der Waals surface area contributed by atoms with Gasteiger partial charge in [0.2, 0.25) is 0 Å². The third kappa shape index (κ3) is 5.78. The van der Waals surface area contributed by atoms with E-state index in [1.807, 2.05) is 30.5 Å². The number of fused-ring (bicyclic) bond motifs is 3. The molecule has 0 saturated carbocycles. The molecule has 7 heteroatoms. The van der Waals surface area contributed by atoms with Crippen molar-refractivity contribution in [2.45, 2.75) is 51.4 Å². The molecule has 5 rings (SSSR count). The fourth-order valence-electron chi connectivity index (χ4n) is 4.84. The molecule has 182 valence electrons. The van der Waals surface area contributed by atoms with E-state index in [2.05, 4.69) is 49.7 Å². The van der Waals surface area contributed by atoms with Gasteiger partial charge in [-0.2, -0.15) is 0 Å². The number of halogens is 1. The molecular weight excluding hydrogens is 504 g/mol. The number of nitrogens with zero attached hydrogens (tertiary/aromatic N) is 1. The van der Waals surface area contributed by atoms with E-state index < -0.39 is 6.09 Å². The van der Waals surface area contributed by atoms with Crippen molar-refractivity contribution in [1.29, 1.82) is 0 Å². The summed E-state index contributed by atoms with van der Waals surface area (Å²) >= 11 is 3.58. The summed E-state index contributed by atoms with van der Waals surface area (Å²) in [6.45, 7) is 1.56. The van der Waals surface area contributed by atoms with Crippen LogP contribution in [0.2, 0.25) is 0 Å². The molecule has 0 bridgehead atoms. The lowest BCUT2D eigenvalue weighted by Gasteiger charge is -2.22. The molecule has 0 aliphatic heterocycles. The Bertz CT molecular complexity index is 1330. The zero-order chi connectivity index (χ0) is 24.0. The van der Waals surface area contributed by atoms with Crippen molar-refractivity contribution in [3.05, 3.63) is 64.4 Å². The van der Waals surface area contributed by atoms with Crippen LogP contribution in [-0.4, -0.2) is 29.2 Å². The number of H-pyrrole nitrogens is 1. The predicted octanol–water partition coefficient (Wildman–Crippen LogP) is 7.12. The van der Waals surface area contributed by atoms with Gasteiger partial charge in [0.05, 0.1) is 5.52 Å². The number of amides is 1. The molecule has 0 saturated heterocycles. The SMILES string of the molecule is O=C(NCCCCCCNc1c2c(nc3cc(Br)ccc13)CCCC2)Oc1ccc2cc[nH]c2c1. The van der Waals surface area contributed by atoms with Gasteiger partial charge in [0, 0.05) is 52.1 Å². The molecule has 1 aliphatic carbocycles. The topological polar surface area (TPSA) is 79.0 Å². The number of carbonyl (C=O) groups is 1. The van der Waals surface area contributed by atoms with Crippen molar-refractivity contribution in [3.63, 3.8) is 0 Å². The Labute approximate surface area is 214 Å². The summed E-state index contributed by atoms with van der Waals surface area (Å²) in [5.41, 5.74) is 5.96. The fraction of sp³-hybridized carbons (Fsp3) is 0.357. The maximum atomic E-state index is 12.1. The summed E-state index contributed by atoms with van der Waals surface area (Å²) in [6.07, 6.45) is 10.3. The molecule has 2 aromatic heterocycles. The first kappa shape index (κ1) is 23.7. The van der Waals surface area contributed by atoms with Crippen LogP contribution in [0.5, 0.6) is 5.75 Å². The molecule has 1 amide bonds. The average molecular weight is 535 g/mol. The van der Waals surface area contributed by atoms with Gasteiger partial charge in [-0.15, -0.1) is 0 Å². The van der Waals surface area contributed by atoms with Gasteiger partial charge >= 0.3 is 6.09 Å². The molecular formula is C28H31BrN4O2. The number of pyridine rings is 1. The molecule has 1 aliphatic rings. The van der Waals surface area contributed by atoms with Crippen LogP contribution in [0.25, 0.3) is 21.8 Å². The first-order chi connectivity index (χ1) is 17.2. The van der Waals surface area contributed by atoms with Gasteiger partial charge < -0.3 is 20.4 Å².